The summed E-state index contributed by atoms with van der Waals surface area (Å²) < 4.78 is 0. The maximum Gasteiger partial charge on any atom is 0.224 e. The second-order valence-electron chi connectivity index (χ2n) is 3.64. The zero-order valence-corrected chi connectivity index (χ0v) is 10.1. The van der Waals surface area contributed by atoms with Crippen molar-refractivity contribution in [1.82, 2.24) is 0 Å². The van der Waals surface area contributed by atoms with Gasteiger partial charge in [0.25, 0.3) is 0 Å². The van der Waals surface area contributed by atoms with Crippen LogP contribution in [0.15, 0.2) is 24.3 Å². The van der Waals surface area contributed by atoms with Crippen molar-refractivity contribution in [3.8, 4) is 0 Å². The molecular weight excluding hydrogens is 220 g/mol. The number of thiocarbonyl (C=S) groups is 1. The van der Waals surface area contributed by atoms with E-state index in [2.05, 4.69) is 5.32 Å². The Morgan fingerprint density at radius 3 is 2.50 bits per heavy atom. The molecule has 0 heterocycles. The molecule has 1 amide bonds. The van der Waals surface area contributed by atoms with Crippen LogP contribution in [0.2, 0.25) is 0 Å². The van der Waals surface area contributed by atoms with Gasteiger partial charge in [-0.2, -0.15) is 0 Å². The summed E-state index contributed by atoms with van der Waals surface area (Å²) in [6.07, 6.45) is 2.00. The van der Waals surface area contributed by atoms with Crippen LogP contribution in [0.5, 0.6) is 0 Å². The van der Waals surface area contributed by atoms with E-state index in [0.29, 0.717) is 17.8 Å². The Morgan fingerprint density at radius 2 is 2.00 bits per heavy atom. The number of nitrogens with two attached hydrogens (primary N) is 1. The third kappa shape index (κ3) is 4.40. The molecule has 0 saturated carbocycles. The standard InChI is InChI=1S/C12H16N2OS/c1-2-3-12(15)14-10-6-4-9(5-7-10)8-11(13)16/h4-7H,2-3,8H2,1H3,(H2,13,16)(H,14,15). The van der Waals surface area contributed by atoms with Crippen molar-refractivity contribution in [1.29, 1.82) is 0 Å². The van der Waals surface area contributed by atoms with E-state index in [-0.39, 0.29) is 5.91 Å². The molecule has 0 spiro atoms. The summed E-state index contributed by atoms with van der Waals surface area (Å²) in [7, 11) is 0. The van der Waals surface area contributed by atoms with Crippen LogP contribution in [-0.2, 0) is 11.2 Å². The fourth-order valence-corrected chi connectivity index (χ4v) is 1.52. The van der Waals surface area contributed by atoms with Gasteiger partial charge in [0.15, 0.2) is 0 Å². The predicted octanol–water partition coefficient (Wildman–Crippen LogP) is 2.25. The molecule has 0 radical (unpaired) electrons. The first-order chi connectivity index (χ1) is 7.61. The Balaban J connectivity index is 2.57. The van der Waals surface area contributed by atoms with E-state index in [1.807, 2.05) is 31.2 Å². The van der Waals surface area contributed by atoms with Crippen LogP contribution in [0, 0.1) is 0 Å². The van der Waals surface area contributed by atoms with Gasteiger partial charge in [0, 0.05) is 18.5 Å². The van der Waals surface area contributed by atoms with Crippen molar-refractivity contribution in [3.63, 3.8) is 0 Å². The van der Waals surface area contributed by atoms with E-state index in [4.69, 9.17) is 18.0 Å². The van der Waals surface area contributed by atoms with Gasteiger partial charge in [-0.25, -0.2) is 0 Å². The molecule has 1 aromatic carbocycles. The Labute approximate surface area is 101 Å². The van der Waals surface area contributed by atoms with Crippen molar-refractivity contribution in [2.24, 2.45) is 5.73 Å². The topological polar surface area (TPSA) is 55.1 Å². The number of carbonyl (C=O) groups excluding carboxylic acids is 1. The molecule has 86 valence electrons. The van der Waals surface area contributed by atoms with Crippen LogP contribution in [-0.4, -0.2) is 10.9 Å². The first-order valence-electron chi connectivity index (χ1n) is 5.29. The Hall–Kier alpha value is -1.42. The monoisotopic (exact) mass is 236 g/mol. The molecule has 0 aliphatic carbocycles. The second kappa shape index (κ2) is 6.23. The quantitative estimate of drug-likeness (QED) is 0.771. The van der Waals surface area contributed by atoms with E-state index >= 15 is 0 Å². The number of rotatable bonds is 5. The molecule has 0 unspecified atom stereocenters. The fraction of sp³-hybridized carbons (Fsp3) is 0.333. The van der Waals surface area contributed by atoms with Gasteiger partial charge in [0.2, 0.25) is 5.91 Å². The highest BCUT2D eigenvalue weighted by Crippen LogP contribution is 2.10. The third-order valence-electron chi connectivity index (χ3n) is 2.09. The summed E-state index contributed by atoms with van der Waals surface area (Å²) in [4.78, 5) is 11.8. The Bertz CT molecular complexity index is 373. The maximum absolute atomic E-state index is 11.3. The molecule has 3 N–H and O–H groups in total. The van der Waals surface area contributed by atoms with Crippen LogP contribution in [0.4, 0.5) is 5.69 Å². The normalized spacial score (nSPS) is 9.81. The number of anilines is 1. The van der Waals surface area contributed by atoms with Crippen molar-refractivity contribution >= 4 is 28.8 Å². The lowest BCUT2D eigenvalue weighted by Crippen LogP contribution is -2.12. The van der Waals surface area contributed by atoms with Crippen LogP contribution in [0.3, 0.4) is 0 Å². The van der Waals surface area contributed by atoms with E-state index in [9.17, 15) is 4.79 Å². The molecule has 1 aromatic rings. The van der Waals surface area contributed by atoms with Gasteiger partial charge in [-0.05, 0) is 24.1 Å². The zero-order chi connectivity index (χ0) is 12.0. The highest BCUT2D eigenvalue weighted by molar-refractivity contribution is 7.80. The number of nitrogens with one attached hydrogen (secondary N) is 1. The average Bonchev–Trinajstić information content (AvgIpc) is 2.20. The number of benzene rings is 1. The van der Waals surface area contributed by atoms with Crippen molar-refractivity contribution in [2.75, 3.05) is 5.32 Å². The highest BCUT2D eigenvalue weighted by Gasteiger charge is 2.00. The fourth-order valence-electron chi connectivity index (χ4n) is 1.36. The number of amides is 1. The molecule has 0 atom stereocenters. The van der Waals surface area contributed by atoms with Gasteiger partial charge in [0.1, 0.15) is 0 Å². The molecule has 0 aromatic heterocycles. The maximum atomic E-state index is 11.3. The lowest BCUT2D eigenvalue weighted by atomic mass is 10.1. The van der Waals surface area contributed by atoms with E-state index < -0.39 is 0 Å². The summed E-state index contributed by atoms with van der Waals surface area (Å²) >= 11 is 4.82. The predicted molar refractivity (Wildman–Crippen MR) is 70.5 cm³/mol. The van der Waals surface area contributed by atoms with Crippen molar-refractivity contribution in [2.45, 2.75) is 26.2 Å². The van der Waals surface area contributed by atoms with Gasteiger partial charge >= 0.3 is 0 Å². The zero-order valence-electron chi connectivity index (χ0n) is 9.32. The average molecular weight is 236 g/mol. The lowest BCUT2D eigenvalue weighted by Gasteiger charge is -2.05. The first kappa shape index (κ1) is 12.6. The Morgan fingerprint density at radius 1 is 1.38 bits per heavy atom. The minimum absolute atomic E-state index is 0.0459. The molecule has 0 saturated heterocycles. The van der Waals surface area contributed by atoms with Gasteiger partial charge in [-0.1, -0.05) is 31.3 Å². The van der Waals surface area contributed by atoms with E-state index in [1.54, 1.807) is 0 Å². The van der Waals surface area contributed by atoms with Crippen LogP contribution < -0.4 is 11.1 Å². The lowest BCUT2D eigenvalue weighted by molar-refractivity contribution is -0.116. The van der Waals surface area contributed by atoms with Gasteiger partial charge in [-0.15, -0.1) is 0 Å². The molecule has 16 heavy (non-hydrogen) atoms. The van der Waals surface area contributed by atoms with Crippen LogP contribution in [0.1, 0.15) is 25.3 Å². The van der Waals surface area contributed by atoms with Crippen LogP contribution in [0.25, 0.3) is 0 Å². The molecule has 0 aliphatic heterocycles. The first-order valence-corrected chi connectivity index (χ1v) is 5.69. The molecule has 4 heteroatoms. The van der Waals surface area contributed by atoms with Crippen molar-refractivity contribution < 1.29 is 4.79 Å². The highest BCUT2D eigenvalue weighted by atomic mass is 32.1. The SMILES string of the molecule is CCCC(=O)Nc1ccc(CC(N)=S)cc1. The van der Waals surface area contributed by atoms with Gasteiger partial charge in [-0.3, -0.25) is 4.79 Å². The summed E-state index contributed by atoms with van der Waals surface area (Å²) in [5.74, 6) is 0.0459. The summed E-state index contributed by atoms with van der Waals surface area (Å²) in [5.41, 5.74) is 7.31. The van der Waals surface area contributed by atoms with Gasteiger partial charge < -0.3 is 11.1 Å². The molecule has 0 bridgehead atoms. The molecule has 3 nitrogen and oxygen atoms in total. The minimum atomic E-state index is 0.0459. The van der Waals surface area contributed by atoms with Gasteiger partial charge in [0.05, 0.1) is 4.99 Å². The number of carbonyl (C=O) groups is 1. The minimum Gasteiger partial charge on any atom is -0.393 e. The molecular formula is C12H16N2OS. The smallest absolute Gasteiger partial charge is 0.224 e. The van der Waals surface area contributed by atoms with Crippen LogP contribution >= 0.6 is 12.2 Å². The summed E-state index contributed by atoms with van der Waals surface area (Å²) in [6.45, 7) is 1.98. The number of hydrogen-bond acceptors (Lipinski definition) is 2. The Kier molecular flexibility index (Phi) is 4.92. The molecule has 1 rings (SSSR count). The van der Waals surface area contributed by atoms with Crippen molar-refractivity contribution in [3.05, 3.63) is 29.8 Å². The largest absolute Gasteiger partial charge is 0.393 e. The summed E-state index contributed by atoms with van der Waals surface area (Å²) in [6, 6.07) is 7.56. The third-order valence-corrected chi connectivity index (χ3v) is 2.24. The molecule has 0 aliphatic rings. The summed E-state index contributed by atoms with van der Waals surface area (Å²) in [5, 5.41) is 2.82. The van der Waals surface area contributed by atoms with E-state index in [0.717, 1.165) is 17.7 Å². The molecule has 0 fully saturated rings. The van der Waals surface area contributed by atoms with E-state index in [1.165, 1.54) is 0 Å². The number of hydrogen-bond donors (Lipinski definition) is 2. The second-order valence-corrected chi connectivity index (χ2v) is 4.16.